The van der Waals surface area contributed by atoms with E-state index < -0.39 is 0 Å². The Kier molecular flexibility index (Phi) is 2.97. The molecule has 0 aromatic carbocycles. The Balaban J connectivity index is 2.20. The number of carbonyl (C=O) groups excluding carboxylic acids is 1. The van der Waals surface area contributed by atoms with Crippen LogP contribution in [0.5, 0.6) is 0 Å². The molecule has 0 atom stereocenters. The van der Waals surface area contributed by atoms with Gasteiger partial charge in [-0.05, 0) is 6.07 Å². The van der Waals surface area contributed by atoms with Crippen LogP contribution < -0.4 is 11.1 Å². The molecule has 0 saturated heterocycles. The fourth-order valence-corrected chi connectivity index (χ4v) is 1.42. The molecule has 88 valence electrons. The number of nitrogen functional groups attached to an aromatic ring is 1. The average Bonchev–Trinajstić information content (AvgIpc) is 2.68. The molecule has 6 nitrogen and oxygen atoms in total. The third kappa shape index (κ3) is 2.36. The highest BCUT2D eigenvalue weighted by molar-refractivity contribution is 6.33. The molecule has 3 N–H and O–H groups in total. The van der Waals surface area contributed by atoms with Crippen molar-refractivity contribution in [1.82, 2.24) is 14.8 Å². The van der Waals surface area contributed by atoms with Crippen LogP contribution in [0.4, 0.5) is 11.6 Å². The number of rotatable bonds is 2. The fourth-order valence-electron chi connectivity index (χ4n) is 1.26. The first-order valence-electron chi connectivity index (χ1n) is 4.78. The summed E-state index contributed by atoms with van der Waals surface area (Å²) in [5, 5.41) is 6.86. The van der Waals surface area contributed by atoms with Crippen molar-refractivity contribution >= 4 is 29.1 Å². The third-order valence-electron chi connectivity index (χ3n) is 2.19. The van der Waals surface area contributed by atoms with Crippen molar-refractivity contribution in [1.29, 1.82) is 0 Å². The Morgan fingerprint density at radius 2 is 2.35 bits per heavy atom. The smallest absolute Gasteiger partial charge is 0.258 e. The average molecular weight is 252 g/mol. The van der Waals surface area contributed by atoms with E-state index >= 15 is 0 Å². The Labute approximate surface area is 102 Å². The zero-order chi connectivity index (χ0) is 12.4. The van der Waals surface area contributed by atoms with Crippen molar-refractivity contribution in [3.8, 4) is 0 Å². The maximum atomic E-state index is 11.8. The fraction of sp³-hybridized carbons (Fsp3) is 0.100. The highest BCUT2D eigenvalue weighted by Gasteiger charge is 2.10. The van der Waals surface area contributed by atoms with E-state index in [1.807, 2.05) is 0 Å². The summed E-state index contributed by atoms with van der Waals surface area (Å²) in [5.41, 5.74) is 5.80. The molecule has 2 heterocycles. The van der Waals surface area contributed by atoms with Gasteiger partial charge < -0.3 is 11.1 Å². The van der Waals surface area contributed by atoms with Gasteiger partial charge in [-0.25, -0.2) is 4.98 Å². The van der Waals surface area contributed by atoms with E-state index in [0.717, 1.165) is 0 Å². The lowest BCUT2D eigenvalue weighted by Crippen LogP contribution is -2.15. The van der Waals surface area contributed by atoms with Gasteiger partial charge in [-0.3, -0.25) is 9.48 Å². The number of anilines is 2. The van der Waals surface area contributed by atoms with Crippen LogP contribution in [0.1, 0.15) is 10.4 Å². The quantitative estimate of drug-likeness (QED) is 0.842. The van der Waals surface area contributed by atoms with Gasteiger partial charge in [0.05, 0.1) is 16.8 Å². The monoisotopic (exact) mass is 251 g/mol. The highest BCUT2D eigenvalue weighted by Crippen LogP contribution is 2.17. The first-order valence-corrected chi connectivity index (χ1v) is 5.16. The molecule has 0 fully saturated rings. The van der Waals surface area contributed by atoms with Crippen LogP contribution in [0.3, 0.4) is 0 Å². The van der Waals surface area contributed by atoms with Crippen LogP contribution in [0.15, 0.2) is 24.5 Å². The highest BCUT2D eigenvalue weighted by atomic mass is 35.5. The first-order chi connectivity index (χ1) is 8.08. The van der Waals surface area contributed by atoms with E-state index in [-0.39, 0.29) is 16.7 Å². The molecule has 0 bridgehead atoms. The van der Waals surface area contributed by atoms with Gasteiger partial charge in [-0.1, -0.05) is 11.6 Å². The molecule has 0 aliphatic rings. The number of carbonyl (C=O) groups is 1. The van der Waals surface area contributed by atoms with Crippen LogP contribution in [-0.2, 0) is 7.05 Å². The number of amides is 1. The summed E-state index contributed by atoms with van der Waals surface area (Å²) in [6, 6.07) is 3.15. The number of nitrogens with two attached hydrogens (primary N) is 1. The molecular weight excluding hydrogens is 242 g/mol. The van der Waals surface area contributed by atoms with Crippen LogP contribution >= 0.6 is 11.6 Å². The number of pyridine rings is 1. The van der Waals surface area contributed by atoms with Gasteiger partial charge in [0, 0.05) is 19.3 Å². The number of halogens is 1. The van der Waals surface area contributed by atoms with E-state index in [1.54, 1.807) is 24.0 Å². The summed E-state index contributed by atoms with van der Waals surface area (Å²) >= 11 is 5.79. The maximum absolute atomic E-state index is 11.8. The third-order valence-corrected chi connectivity index (χ3v) is 2.50. The van der Waals surface area contributed by atoms with Crippen molar-refractivity contribution in [3.05, 3.63) is 35.1 Å². The Bertz CT molecular complexity index is 566. The van der Waals surface area contributed by atoms with Crippen LogP contribution in [0.2, 0.25) is 5.02 Å². The van der Waals surface area contributed by atoms with Crippen LogP contribution in [-0.4, -0.2) is 20.7 Å². The molecule has 1 amide bonds. The first kappa shape index (κ1) is 11.4. The zero-order valence-corrected chi connectivity index (χ0v) is 9.77. The lowest BCUT2D eigenvalue weighted by Gasteiger charge is -2.05. The number of hydrogen-bond acceptors (Lipinski definition) is 4. The van der Waals surface area contributed by atoms with Gasteiger partial charge >= 0.3 is 0 Å². The summed E-state index contributed by atoms with van der Waals surface area (Å²) in [6.07, 6.45) is 2.96. The second-order valence-corrected chi connectivity index (χ2v) is 3.79. The van der Waals surface area contributed by atoms with Crippen LogP contribution in [0, 0.1) is 0 Å². The van der Waals surface area contributed by atoms with Crippen LogP contribution in [0.25, 0.3) is 0 Å². The summed E-state index contributed by atoms with van der Waals surface area (Å²) in [6.45, 7) is 0. The molecule has 0 saturated carbocycles. The number of nitrogens with zero attached hydrogens (tertiary/aromatic N) is 3. The molecule has 2 aromatic rings. The second-order valence-electron chi connectivity index (χ2n) is 3.39. The Hall–Kier alpha value is -2.08. The van der Waals surface area contributed by atoms with E-state index in [1.165, 1.54) is 12.3 Å². The molecule has 7 heteroatoms. The standard InChI is InChI=1S/C10H10ClN5O/c1-16-8(2-3-14-16)15-10(17)6-4-7(11)9(12)13-5-6/h2-5H,1H3,(H2,12,13)(H,15,17). The molecule has 0 aliphatic heterocycles. The van der Waals surface area contributed by atoms with Gasteiger partial charge in [-0.15, -0.1) is 0 Å². The van der Waals surface area contributed by atoms with E-state index in [9.17, 15) is 4.79 Å². The molecular formula is C10H10ClN5O. The summed E-state index contributed by atoms with van der Waals surface area (Å²) in [4.78, 5) is 15.7. The molecule has 2 aromatic heterocycles. The predicted octanol–water partition coefficient (Wildman–Crippen LogP) is 1.30. The molecule has 0 radical (unpaired) electrons. The van der Waals surface area contributed by atoms with Crippen molar-refractivity contribution in [2.75, 3.05) is 11.1 Å². The summed E-state index contributed by atoms with van der Waals surface area (Å²) in [5.74, 6) is 0.467. The van der Waals surface area contributed by atoms with Crippen molar-refractivity contribution in [2.24, 2.45) is 7.05 Å². The molecule has 0 aliphatic carbocycles. The molecule has 0 spiro atoms. The lowest BCUT2D eigenvalue weighted by molar-refractivity contribution is 0.102. The van der Waals surface area contributed by atoms with Crippen molar-refractivity contribution < 1.29 is 4.79 Å². The number of nitrogens with one attached hydrogen (secondary N) is 1. The molecule has 0 unspecified atom stereocenters. The number of aromatic nitrogens is 3. The topological polar surface area (TPSA) is 85.8 Å². The number of hydrogen-bond donors (Lipinski definition) is 2. The van der Waals surface area contributed by atoms with Crippen molar-refractivity contribution in [2.45, 2.75) is 0 Å². The normalized spacial score (nSPS) is 10.2. The molecule has 17 heavy (non-hydrogen) atoms. The van der Waals surface area contributed by atoms with Gasteiger partial charge in [0.2, 0.25) is 0 Å². The SMILES string of the molecule is Cn1nccc1NC(=O)c1cnc(N)c(Cl)c1. The van der Waals surface area contributed by atoms with E-state index in [0.29, 0.717) is 11.4 Å². The van der Waals surface area contributed by atoms with Gasteiger partial charge in [0.15, 0.2) is 0 Å². The molecule has 2 rings (SSSR count). The van der Waals surface area contributed by atoms with Gasteiger partial charge in [0.1, 0.15) is 11.6 Å². The van der Waals surface area contributed by atoms with E-state index in [4.69, 9.17) is 17.3 Å². The second kappa shape index (κ2) is 4.42. The minimum atomic E-state index is -0.317. The predicted molar refractivity (Wildman–Crippen MR) is 64.8 cm³/mol. The lowest BCUT2D eigenvalue weighted by atomic mass is 10.2. The van der Waals surface area contributed by atoms with Crippen molar-refractivity contribution in [3.63, 3.8) is 0 Å². The van der Waals surface area contributed by atoms with Gasteiger partial charge in [-0.2, -0.15) is 5.10 Å². The Morgan fingerprint density at radius 1 is 1.59 bits per heavy atom. The minimum absolute atomic E-state index is 0.198. The summed E-state index contributed by atoms with van der Waals surface area (Å²) in [7, 11) is 1.73. The van der Waals surface area contributed by atoms with E-state index in [2.05, 4.69) is 15.4 Å². The minimum Gasteiger partial charge on any atom is -0.382 e. The zero-order valence-electron chi connectivity index (χ0n) is 9.01. The summed E-state index contributed by atoms with van der Waals surface area (Å²) < 4.78 is 1.55. The number of aryl methyl sites for hydroxylation is 1. The Morgan fingerprint density at radius 3 is 2.94 bits per heavy atom. The largest absolute Gasteiger partial charge is 0.382 e. The van der Waals surface area contributed by atoms with Gasteiger partial charge in [0.25, 0.3) is 5.91 Å². The maximum Gasteiger partial charge on any atom is 0.258 e.